The van der Waals surface area contributed by atoms with Gasteiger partial charge in [0.2, 0.25) is 0 Å². The molecule has 0 bridgehead atoms. The van der Waals surface area contributed by atoms with Gasteiger partial charge in [0.1, 0.15) is 24.1 Å². The van der Waals surface area contributed by atoms with Gasteiger partial charge in [0.15, 0.2) is 6.23 Å². The Balaban J connectivity index is 1.57. The molecule has 0 aliphatic carbocycles. The van der Waals surface area contributed by atoms with E-state index >= 15 is 0 Å². The van der Waals surface area contributed by atoms with E-state index in [2.05, 4.69) is 16.2 Å². The van der Waals surface area contributed by atoms with Crippen molar-refractivity contribution in [2.45, 2.75) is 134 Å². The molecule has 6 atom stereocenters. The maximum atomic E-state index is 12.3. The molecule has 1 fully saturated rings. The number of hydrogen-bond acceptors (Lipinski definition) is 10. The zero-order chi connectivity index (χ0) is 31.0. The molecule has 1 aliphatic heterocycles. The zero-order valence-corrected chi connectivity index (χ0v) is 26.6. The van der Waals surface area contributed by atoms with Gasteiger partial charge in [-0.05, 0) is 12.5 Å². The molecule has 2 unspecified atom stereocenters. The van der Waals surface area contributed by atoms with Crippen molar-refractivity contribution in [3.05, 3.63) is 22.7 Å². The number of nitrogens with two attached hydrogens (primary N) is 1. The van der Waals surface area contributed by atoms with Gasteiger partial charge in [-0.15, -0.1) is 0 Å². The maximum Gasteiger partial charge on any atom is 0.479 e. The van der Waals surface area contributed by atoms with Crippen LogP contribution in [-0.2, 0) is 22.7 Å². The Kier molecular flexibility index (Phi) is 17.0. The van der Waals surface area contributed by atoms with Crippen LogP contribution in [0.5, 0.6) is 0 Å². The van der Waals surface area contributed by atoms with Crippen molar-refractivity contribution in [1.29, 1.82) is 0 Å². The third kappa shape index (κ3) is 14.1. The summed E-state index contributed by atoms with van der Waals surface area (Å²) in [6.45, 7) is 1.49. The Morgan fingerprint density at radius 1 is 0.881 bits per heavy atom. The Morgan fingerprint density at radius 3 is 1.88 bits per heavy atom. The normalized spacial score (nSPS) is 23.5. The Labute approximate surface area is 249 Å². The number of phosphoric ester groups is 1. The molecule has 1 aromatic rings. The molecule has 15 heteroatoms. The molecule has 1 aliphatic rings. The summed E-state index contributed by atoms with van der Waals surface area (Å²) < 4.78 is 40.3. The minimum atomic E-state index is -5.00. The van der Waals surface area contributed by atoms with Crippen LogP contribution in [0.4, 0.5) is 5.82 Å². The van der Waals surface area contributed by atoms with Crippen molar-refractivity contribution < 1.29 is 42.7 Å². The number of rotatable bonds is 23. The summed E-state index contributed by atoms with van der Waals surface area (Å²) in [5, 5.41) is 20.5. The summed E-state index contributed by atoms with van der Waals surface area (Å²) in [5.74, 6) is -0.0458. The average Bonchev–Trinajstić information content (AvgIpc) is 3.19. The van der Waals surface area contributed by atoms with Crippen LogP contribution in [0.2, 0.25) is 0 Å². The number of nitrogens with zero attached hydrogens (tertiary/aromatic N) is 2. The molecule has 0 spiro atoms. The van der Waals surface area contributed by atoms with Gasteiger partial charge in [0.05, 0.1) is 12.8 Å². The summed E-state index contributed by atoms with van der Waals surface area (Å²) in [7, 11) is -9.41. The minimum Gasteiger partial charge on any atom is -0.387 e. The summed E-state index contributed by atoms with van der Waals surface area (Å²) >= 11 is 0. The van der Waals surface area contributed by atoms with Crippen LogP contribution in [0.25, 0.3) is 0 Å². The number of nitrogen functional groups attached to an aromatic ring is 1. The first kappa shape index (κ1) is 37.0. The van der Waals surface area contributed by atoms with E-state index in [1.165, 1.54) is 82.9 Å². The van der Waals surface area contributed by atoms with E-state index in [4.69, 9.17) is 15.0 Å². The first-order chi connectivity index (χ1) is 20.0. The highest BCUT2D eigenvalue weighted by Crippen LogP contribution is 2.60. The molecule has 0 amide bonds. The van der Waals surface area contributed by atoms with Crippen LogP contribution in [-0.4, -0.2) is 60.6 Å². The minimum absolute atomic E-state index is 0.0458. The lowest BCUT2D eigenvalue weighted by molar-refractivity contribution is -0.0540. The predicted molar refractivity (Wildman–Crippen MR) is 160 cm³/mol. The fourth-order valence-electron chi connectivity index (χ4n) is 4.97. The third-order valence-corrected chi connectivity index (χ3v) is 10.6. The number of unbranched alkanes of at least 4 members (excludes halogenated alkanes) is 15. The van der Waals surface area contributed by atoms with Crippen LogP contribution in [0.3, 0.4) is 0 Å². The van der Waals surface area contributed by atoms with E-state index in [0.717, 1.165) is 23.8 Å². The number of aromatic nitrogens is 2. The fraction of sp³-hybridized carbons (Fsp3) is 0.852. The second-order valence-electron chi connectivity index (χ2n) is 11.1. The van der Waals surface area contributed by atoms with Crippen molar-refractivity contribution in [1.82, 2.24) is 9.55 Å². The highest BCUT2D eigenvalue weighted by molar-refractivity contribution is 7.64. The van der Waals surface area contributed by atoms with Crippen LogP contribution in [0, 0.1) is 0 Å². The molecule has 1 aromatic heterocycles. The molecule has 13 nitrogen and oxygen atoms in total. The van der Waals surface area contributed by atoms with Crippen molar-refractivity contribution >= 4 is 21.2 Å². The first-order valence-corrected chi connectivity index (χ1v) is 18.6. The molecule has 1 saturated heterocycles. The topological polar surface area (TPSA) is 204 Å². The standard InChI is InChI=1S/C27H51N3O10P2/c1-2-3-4-5-6-7-8-9-10-11-12-13-14-15-16-17-20-41(34,35)40-42(36,37)38-21-22-24(31)25(32)26(39-22)30-19-18-23(28)29-27(30)33/h18-19,22,24-26,31-32H,2-17,20-21H2,1H3,(H,34,35)(H,36,37)(H2,28,29,33)/t22-,24+,25-,26-/m1/s1. The van der Waals surface area contributed by atoms with Gasteiger partial charge < -0.3 is 30.5 Å². The number of ether oxygens (including phenoxy) is 1. The van der Waals surface area contributed by atoms with E-state index in [9.17, 15) is 33.9 Å². The van der Waals surface area contributed by atoms with Crippen LogP contribution in [0.15, 0.2) is 17.1 Å². The SMILES string of the molecule is CCCCCCCCCCCCCCCCCCP(=O)(O)OP(=O)(O)OC[C@H]1O[C@@H](n2ccc(N)nc2=O)[C@H](O)[C@H]1O. The summed E-state index contributed by atoms with van der Waals surface area (Å²) in [4.78, 5) is 35.5. The lowest BCUT2D eigenvalue weighted by Gasteiger charge is -2.19. The highest BCUT2D eigenvalue weighted by atomic mass is 31.3. The van der Waals surface area contributed by atoms with E-state index < -0.39 is 52.3 Å². The number of anilines is 1. The third-order valence-electron chi connectivity index (χ3n) is 7.39. The van der Waals surface area contributed by atoms with Crippen molar-refractivity contribution in [2.24, 2.45) is 0 Å². The second kappa shape index (κ2) is 19.3. The van der Waals surface area contributed by atoms with Gasteiger partial charge in [-0.1, -0.05) is 103 Å². The smallest absolute Gasteiger partial charge is 0.387 e. The van der Waals surface area contributed by atoms with Gasteiger partial charge in [-0.3, -0.25) is 13.7 Å². The molecular weight excluding hydrogens is 588 g/mol. The summed E-state index contributed by atoms with van der Waals surface area (Å²) in [5.41, 5.74) is 4.61. The Hall–Kier alpha value is -1.14. The van der Waals surface area contributed by atoms with E-state index in [-0.39, 0.29) is 12.0 Å². The van der Waals surface area contributed by atoms with Crippen molar-refractivity contribution in [3.8, 4) is 0 Å². The van der Waals surface area contributed by atoms with Gasteiger partial charge in [-0.2, -0.15) is 4.98 Å². The number of aliphatic hydroxyl groups is 2. The molecule has 0 aromatic carbocycles. The molecule has 244 valence electrons. The number of phosphoric acid groups is 1. The average molecular weight is 640 g/mol. The first-order valence-electron chi connectivity index (χ1n) is 15.3. The monoisotopic (exact) mass is 639 g/mol. The molecule has 2 heterocycles. The highest BCUT2D eigenvalue weighted by Gasteiger charge is 2.45. The largest absolute Gasteiger partial charge is 0.479 e. The second-order valence-corrected chi connectivity index (χ2v) is 14.7. The van der Waals surface area contributed by atoms with Gasteiger partial charge in [-0.25, -0.2) is 13.7 Å². The van der Waals surface area contributed by atoms with Gasteiger partial charge in [0, 0.05) is 6.20 Å². The van der Waals surface area contributed by atoms with Gasteiger partial charge in [0.25, 0.3) is 0 Å². The molecule has 42 heavy (non-hydrogen) atoms. The van der Waals surface area contributed by atoms with Crippen molar-refractivity contribution in [3.63, 3.8) is 0 Å². The fourth-order valence-corrected chi connectivity index (χ4v) is 7.73. The van der Waals surface area contributed by atoms with Gasteiger partial charge >= 0.3 is 21.1 Å². The van der Waals surface area contributed by atoms with Crippen LogP contribution < -0.4 is 11.4 Å². The van der Waals surface area contributed by atoms with E-state index in [1.54, 1.807) is 0 Å². The Morgan fingerprint density at radius 2 is 1.38 bits per heavy atom. The molecular formula is C27H51N3O10P2. The lowest BCUT2D eigenvalue weighted by Crippen LogP contribution is -2.36. The van der Waals surface area contributed by atoms with E-state index in [1.807, 2.05) is 0 Å². The summed E-state index contributed by atoms with van der Waals surface area (Å²) in [6.07, 6.45) is 13.6. The predicted octanol–water partition coefficient (Wildman–Crippen LogP) is 5.03. The quantitative estimate of drug-likeness (QED) is 0.0791. The number of aliphatic hydroxyl groups excluding tert-OH is 2. The molecule has 0 radical (unpaired) electrons. The zero-order valence-electron chi connectivity index (χ0n) is 24.8. The molecule has 6 N–H and O–H groups in total. The van der Waals surface area contributed by atoms with Crippen LogP contribution in [0.1, 0.15) is 116 Å². The lowest BCUT2D eigenvalue weighted by atomic mass is 10.0. The van der Waals surface area contributed by atoms with Crippen LogP contribution >= 0.6 is 15.4 Å². The number of hydrogen-bond donors (Lipinski definition) is 5. The Bertz CT molecular complexity index is 1060. The molecule has 2 rings (SSSR count). The maximum absolute atomic E-state index is 12.3. The molecule has 0 saturated carbocycles. The van der Waals surface area contributed by atoms with E-state index in [0.29, 0.717) is 12.8 Å². The van der Waals surface area contributed by atoms with Crippen molar-refractivity contribution in [2.75, 3.05) is 18.5 Å². The summed E-state index contributed by atoms with van der Waals surface area (Å²) in [6, 6.07) is 1.29.